The topological polar surface area (TPSA) is 111 Å². The first-order valence-electron chi connectivity index (χ1n) is 7.64. The van der Waals surface area contributed by atoms with Gasteiger partial charge in [0.1, 0.15) is 10.6 Å². The van der Waals surface area contributed by atoms with Crippen molar-refractivity contribution >= 4 is 27.8 Å². The van der Waals surface area contributed by atoms with Crippen LogP contribution in [0.4, 0.5) is 5.69 Å². The van der Waals surface area contributed by atoms with Crippen molar-refractivity contribution in [1.29, 1.82) is 0 Å². The van der Waals surface area contributed by atoms with Gasteiger partial charge in [-0.2, -0.15) is 0 Å². The Kier molecular flexibility index (Phi) is 6.30. The monoisotopic (exact) mass is 393 g/mol. The number of methoxy groups -OCH3 is 3. The van der Waals surface area contributed by atoms with Crippen molar-refractivity contribution in [2.45, 2.75) is 4.90 Å². The number of anilines is 1. The maximum Gasteiger partial charge on any atom is 0.328 e. The lowest BCUT2D eigenvalue weighted by molar-refractivity contribution is -0.131. The Balaban J connectivity index is 2.51. The molecule has 2 N–H and O–H groups in total. The molecule has 0 atom stereocenters. The molecule has 2 aromatic rings. The van der Waals surface area contributed by atoms with Crippen molar-refractivity contribution < 1.29 is 32.5 Å². The minimum Gasteiger partial charge on any atom is -0.497 e. The quantitative estimate of drug-likeness (QED) is 0.663. The Labute approximate surface area is 157 Å². The molecule has 8 nitrogen and oxygen atoms in total. The van der Waals surface area contributed by atoms with Gasteiger partial charge < -0.3 is 19.3 Å². The van der Waals surface area contributed by atoms with Crippen LogP contribution in [0, 0.1) is 0 Å². The molecule has 0 aromatic heterocycles. The molecule has 0 aliphatic carbocycles. The zero-order valence-corrected chi connectivity index (χ0v) is 15.7. The maximum absolute atomic E-state index is 12.9. The van der Waals surface area contributed by atoms with Crippen LogP contribution in [0.3, 0.4) is 0 Å². The van der Waals surface area contributed by atoms with E-state index < -0.39 is 16.0 Å². The van der Waals surface area contributed by atoms with E-state index in [9.17, 15) is 13.2 Å². The zero-order valence-electron chi connectivity index (χ0n) is 14.9. The minimum absolute atomic E-state index is 0.00554. The summed E-state index contributed by atoms with van der Waals surface area (Å²) in [6, 6.07) is 9.10. The molecule has 0 bridgehead atoms. The first kappa shape index (κ1) is 20.1. The molecule has 27 heavy (non-hydrogen) atoms. The average Bonchev–Trinajstić information content (AvgIpc) is 2.65. The van der Waals surface area contributed by atoms with E-state index in [2.05, 4.69) is 4.72 Å². The highest BCUT2D eigenvalue weighted by Gasteiger charge is 2.24. The lowest BCUT2D eigenvalue weighted by atomic mass is 10.2. The summed E-state index contributed by atoms with van der Waals surface area (Å²) in [6.45, 7) is 0. The second kappa shape index (κ2) is 8.45. The van der Waals surface area contributed by atoms with E-state index in [0.29, 0.717) is 17.0 Å². The number of benzene rings is 2. The molecule has 0 fully saturated rings. The molecule has 0 aliphatic rings. The van der Waals surface area contributed by atoms with E-state index in [1.165, 1.54) is 39.5 Å². The second-order valence-electron chi connectivity index (χ2n) is 5.26. The fourth-order valence-corrected chi connectivity index (χ4v) is 3.56. The van der Waals surface area contributed by atoms with E-state index in [-0.39, 0.29) is 16.4 Å². The van der Waals surface area contributed by atoms with Gasteiger partial charge in [-0.05, 0) is 48.0 Å². The molecule has 0 spiro atoms. The van der Waals surface area contributed by atoms with Crippen molar-refractivity contribution in [2.24, 2.45) is 0 Å². The van der Waals surface area contributed by atoms with Crippen LogP contribution in [0.1, 0.15) is 5.56 Å². The van der Waals surface area contributed by atoms with Crippen LogP contribution < -0.4 is 18.9 Å². The summed E-state index contributed by atoms with van der Waals surface area (Å²) in [6.07, 6.45) is 2.16. The molecule has 0 heterocycles. The van der Waals surface area contributed by atoms with Gasteiger partial charge in [0.2, 0.25) is 0 Å². The molecule has 0 aliphatic heterocycles. The van der Waals surface area contributed by atoms with Crippen molar-refractivity contribution in [3.8, 4) is 17.2 Å². The Morgan fingerprint density at radius 1 is 1.04 bits per heavy atom. The molecule has 0 saturated heterocycles. The molecule has 0 amide bonds. The number of nitrogens with one attached hydrogen (secondary N) is 1. The predicted octanol–water partition coefficient (Wildman–Crippen LogP) is 2.61. The number of rotatable bonds is 8. The summed E-state index contributed by atoms with van der Waals surface area (Å²) < 4.78 is 43.6. The van der Waals surface area contributed by atoms with Crippen LogP contribution >= 0.6 is 0 Å². The predicted molar refractivity (Wildman–Crippen MR) is 100 cm³/mol. The smallest absolute Gasteiger partial charge is 0.328 e. The van der Waals surface area contributed by atoms with Crippen LogP contribution in [0.5, 0.6) is 17.2 Å². The lowest BCUT2D eigenvalue weighted by Crippen LogP contribution is -2.14. The maximum atomic E-state index is 12.9. The number of ether oxygens (including phenoxy) is 3. The van der Waals surface area contributed by atoms with Crippen molar-refractivity contribution in [3.63, 3.8) is 0 Å². The summed E-state index contributed by atoms with van der Waals surface area (Å²) in [5.74, 6) is -0.422. The highest BCUT2D eigenvalue weighted by atomic mass is 32.2. The average molecular weight is 393 g/mol. The summed E-state index contributed by atoms with van der Waals surface area (Å²) in [7, 11) is 0.133. The SMILES string of the molecule is COc1ccc(NS(=O)(=O)c2cc(/C=C/C(=O)O)cc(OC)c2OC)cc1. The van der Waals surface area contributed by atoms with E-state index in [0.717, 1.165) is 6.08 Å². The number of carbonyl (C=O) groups is 1. The largest absolute Gasteiger partial charge is 0.497 e. The molecule has 9 heteroatoms. The van der Waals surface area contributed by atoms with Gasteiger partial charge in [0, 0.05) is 11.8 Å². The molecule has 144 valence electrons. The van der Waals surface area contributed by atoms with Gasteiger partial charge in [0.05, 0.1) is 21.3 Å². The van der Waals surface area contributed by atoms with E-state index >= 15 is 0 Å². The van der Waals surface area contributed by atoms with E-state index in [1.54, 1.807) is 24.3 Å². The minimum atomic E-state index is -4.05. The Morgan fingerprint density at radius 3 is 2.22 bits per heavy atom. The Hall–Kier alpha value is -3.20. The molecule has 0 saturated carbocycles. The molecule has 0 radical (unpaired) electrons. The van der Waals surface area contributed by atoms with Crippen molar-refractivity contribution in [2.75, 3.05) is 26.1 Å². The molecular formula is C18H19NO7S. The van der Waals surface area contributed by atoms with E-state index in [4.69, 9.17) is 19.3 Å². The Morgan fingerprint density at radius 2 is 1.70 bits per heavy atom. The third-order valence-corrected chi connectivity index (χ3v) is 4.90. The van der Waals surface area contributed by atoms with E-state index in [1.807, 2.05) is 0 Å². The van der Waals surface area contributed by atoms with Gasteiger partial charge in [-0.25, -0.2) is 13.2 Å². The van der Waals surface area contributed by atoms with Crippen LogP contribution in [-0.2, 0) is 14.8 Å². The molecule has 2 rings (SSSR count). The van der Waals surface area contributed by atoms with Gasteiger partial charge in [0.25, 0.3) is 10.0 Å². The summed E-state index contributed by atoms with van der Waals surface area (Å²) in [5.41, 5.74) is 0.647. The lowest BCUT2D eigenvalue weighted by Gasteiger charge is -2.15. The summed E-state index contributed by atoms with van der Waals surface area (Å²) in [4.78, 5) is 10.6. The van der Waals surface area contributed by atoms with Gasteiger partial charge in [-0.1, -0.05) is 0 Å². The standard InChI is InChI=1S/C18H19NO7S/c1-24-14-7-5-13(6-8-14)19-27(22,23)16-11-12(4-9-17(20)21)10-15(25-2)18(16)26-3/h4-11,19H,1-3H3,(H,20,21)/b9-4+. The Bertz CT molecular complexity index is 950. The molecular weight excluding hydrogens is 374 g/mol. The van der Waals surface area contributed by atoms with Gasteiger partial charge >= 0.3 is 5.97 Å². The number of carboxylic acids is 1. The van der Waals surface area contributed by atoms with Crippen molar-refractivity contribution in [3.05, 3.63) is 48.0 Å². The van der Waals surface area contributed by atoms with Gasteiger partial charge in [0.15, 0.2) is 11.5 Å². The normalized spacial score (nSPS) is 11.2. The number of hydrogen-bond donors (Lipinski definition) is 2. The number of carboxylic acid groups (broad SMARTS) is 1. The fraction of sp³-hybridized carbons (Fsp3) is 0.167. The summed E-state index contributed by atoms with van der Waals surface area (Å²) in [5, 5.41) is 8.79. The van der Waals surface area contributed by atoms with Crippen molar-refractivity contribution in [1.82, 2.24) is 0 Å². The van der Waals surface area contributed by atoms with Crippen LogP contribution in [0.15, 0.2) is 47.4 Å². The third kappa shape index (κ3) is 4.91. The zero-order chi connectivity index (χ0) is 20.0. The number of aliphatic carboxylic acids is 1. The molecule has 2 aromatic carbocycles. The second-order valence-corrected chi connectivity index (χ2v) is 6.91. The third-order valence-electron chi connectivity index (χ3n) is 3.52. The van der Waals surface area contributed by atoms with Gasteiger partial charge in [-0.15, -0.1) is 0 Å². The highest BCUT2D eigenvalue weighted by Crippen LogP contribution is 2.37. The first-order chi connectivity index (χ1) is 12.8. The first-order valence-corrected chi connectivity index (χ1v) is 9.13. The van der Waals surface area contributed by atoms with Crippen LogP contribution in [0.25, 0.3) is 6.08 Å². The van der Waals surface area contributed by atoms with Crippen LogP contribution in [-0.4, -0.2) is 40.8 Å². The fourth-order valence-electron chi connectivity index (χ4n) is 2.28. The summed E-state index contributed by atoms with van der Waals surface area (Å²) >= 11 is 0. The van der Waals surface area contributed by atoms with Gasteiger partial charge in [-0.3, -0.25) is 4.72 Å². The highest BCUT2D eigenvalue weighted by molar-refractivity contribution is 7.92. The van der Waals surface area contributed by atoms with Crippen LogP contribution in [0.2, 0.25) is 0 Å². The molecule has 0 unspecified atom stereocenters. The number of sulfonamides is 1. The number of hydrogen-bond acceptors (Lipinski definition) is 6.